The van der Waals surface area contributed by atoms with E-state index in [0.29, 0.717) is 23.0 Å². The SMILES string of the molecule is N#Cc1cncc(-c2ccc(-c3nc(-c4ccc(-c5ccccc5)cc4)nc(-c4ccc5c(c4)oc4cccc(-c6ccccc6)c45)n3)cc2)c1. The zero-order valence-corrected chi connectivity index (χ0v) is 27.2. The molecule has 9 aromatic rings. The van der Waals surface area contributed by atoms with Gasteiger partial charge in [0.2, 0.25) is 0 Å². The standard InChI is InChI=1S/C45H27N5O/c46-26-29-24-37(28-47-27-29)32-16-20-35(21-17-32)44-48-43(34-18-14-31(15-19-34)30-8-3-1-4-9-30)49-45(50-44)36-22-23-39-41(25-36)51-40-13-7-12-38(42(39)40)33-10-5-2-6-11-33/h1-25,27-28H. The van der Waals surface area contributed by atoms with E-state index in [1.54, 1.807) is 12.4 Å². The van der Waals surface area contributed by atoms with Crippen LogP contribution in [0.3, 0.4) is 0 Å². The minimum atomic E-state index is 0.513. The van der Waals surface area contributed by atoms with Crippen LogP contribution in [0.15, 0.2) is 168 Å². The summed E-state index contributed by atoms with van der Waals surface area (Å²) in [6.45, 7) is 0. The lowest BCUT2D eigenvalue weighted by molar-refractivity contribution is 0.669. The Hall–Kier alpha value is -7.23. The van der Waals surface area contributed by atoms with E-state index < -0.39 is 0 Å². The van der Waals surface area contributed by atoms with Crippen LogP contribution >= 0.6 is 0 Å². The second kappa shape index (κ2) is 12.7. The molecular weight excluding hydrogens is 627 g/mol. The van der Waals surface area contributed by atoms with Gasteiger partial charge in [0, 0.05) is 45.4 Å². The van der Waals surface area contributed by atoms with Crippen LogP contribution < -0.4 is 0 Å². The summed E-state index contributed by atoms with van der Waals surface area (Å²) in [5, 5.41) is 11.5. The molecular formula is C45H27N5O. The van der Waals surface area contributed by atoms with Crippen LogP contribution in [-0.2, 0) is 0 Å². The summed E-state index contributed by atoms with van der Waals surface area (Å²) in [5.74, 6) is 1.66. The first-order chi connectivity index (χ1) is 25.2. The van der Waals surface area contributed by atoms with E-state index in [0.717, 1.165) is 72.0 Å². The van der Waals surface area contributed by atoms with Crippen molar-refractivity contribution >= 4 is 21.9 Å². The molecule has 3 heterocycles. The van der Waals surface area contributed by atoms with Gasteiger partial charge in [-0.3, -0.25) is 4.98 Å². The summed E-state index contributed by atoms with van der Waals surface area (Å²) in [4.78, 5) is 19.2. The Morgan fingerprint density at radius 2 is 0.980 bits per heavy atom. The zero-order chi connectivity index (χ0) is 34.1. The minimum absolute atomic E-state index is 0.513. The molecule has 0 bridgehead atoms. The molecule has 0 spiro atoms. The summed E-state index contributed by atoms with van der Waals surface area (Å²) in [7, 11) is 0. The number of benzene rings is 6. The lowest BCUT2D eigenvalue weighted by Crippen LogP contribution is -2.00. The Labute approximate surface area is 294 Å². The van der Waals surface area contributed by atoms with E-state index in [2.05, 4.69) is 89.9 Å². The molecule has 0 N–H and O–H groups in total. The second-order valence-electron chi connectivity index (χ2n) is 12.3. The van der Waals surface area contributed by atoms with Crippen molar-refractivity contribution in [3.8, 4) is 73.6 Å². The lowest BCUT2D eigenvalue weighted by atomic mass is 9.99. The van der Waals surface area contributed by atoms with Crippen LogP contribution in [-0.4, -0.2) is 19.9 Å². The van der Waals surface area contributed by atoms with Gasteiger partial charge in [0.1, 0.15) is 17.2 Å². The van der Waals surface area contributed by atoms with Gasteiger partial charge in [0.15, 0.2) is 17.5 Å². The van der Waals surface area contributed by atoms with Crippen molar-refractivity contribution in [3.63, 3.8) is 0 Å². The molecule has 6 nitrogen and oxygen atoms in total. The number of nitrogens with zero attached hydrogens (tertiary/aromatic N) is 5. The average molecular weight is 654 g/mol. The monoisotopic (exact) mass is 653 g/mol. The number of pyridine rings is 1. The fourth-order valence-corrected chi connectivity index (χ4v) is 6.50. The van der Waals surface area contributed by atoms with Gasteiger partial charge in [-0.2, -0.15) is 5.26 Å². The zero-order valence-electron chi connectivity index (χ0n) is 27.2. The van der Waals surface area contributed by atoms with Crippen LogP contribution in [0.1, 0.15) is 5.56 Å². The number of hydrogen-bond acceptors (Lipinski definition) is 6. The molecule has 0 radical (unpaired) electrons. The summed E-state index contributed by atoms with van der Waals surface area (Å²) in [6, 6.07) is 53.3. The van der Waals surface area contributed by atoms with Crippen molar-refractivity contribution < 1.29 is 4.42 Å². The molecule has 0 unspecified atom stereocenters. The molecule has 51 heavy (non-hydrogen) atoms. The van der Waals surface area contributed by atoms with Crippen molar-refractivity contribution in [2.24, 2.45) is 0 Å². The first-order valence-corrected chi connectivity index (χ1v) is 16.6. The maximum absolute atomic E-state index is 9.35. The van der Waals surface area contributed by atoms with Gasteiger partial charge in [-0.15, -0.1) is 0 Å². The number of aromatic nitrogens is 4. The molecule has 0 fully saturated rings. The van der Waals surface area contributed by atoms with Gasteiger partial charge in [-0.1, -0.05) is 127 Å². The second-order valence-corrected chi connectivity index (χ2v) is 12.3. The van der Waals surface area contributed by atoms with Gasteiger partial charge < -0.3 is 4.42 Å². The highest BCUT2D eigenvalue weighted by atomic mass is 16.3. The molecule has 9 rings (SSSR count). The highest BCUT2D eigenvalue weighted by molar-refractivity contribution is 6.13. The van der Waals surface area contributed by atoms with E-state index in [1.807, 2.05) is 72.8 Å². The largest absolute Gasteiger partial charge is 0.456 e. The van der Waals surface area contributed by atoms with Crippen molar-refractivity contribution in [2.75, 3.05) is 0 Å². The highest BCUT2D eigenvalue weighted by Crippen LogP contribution is 2.38. The Morgan fingerprint density at radius 3 is 1.63 bits per heavy atom. The molecule has 0 saturated carbocycles. The summed E-state index contributed by atoms with van der Waals surface area (Å²) < 4.78 is 6.44. The molecule has 0 aliphatic heterocycles. The molecule has 3 aromatic heterocycles. The first-order valence-electron chi connectivity index (χ1n) is 16.6. The maximum atomic E-state index is 9.35. The Bertz CT molecular complexity index is 2730. The third kappa shape index (κ3) is 5.69. The smallest absolute Gasteiger partial charge is 0.164 e. The van der Waals surface area contributed by atoms with Crippen molar-refractivity contribution in [1.82, 2.24) is 19.9 Å². The minimum Gasteiger partial charge on any atom is -0.456 e. The van der Waals surface area contributed by atoms with Crippen LogP contribution in [0.2, 0.25) is 0 Å². The molecule has 6 aromatic carbocycles. The highest BCUT2D eigenvalue weighted by Gasteiger charge is 2.17. The van der Waals surface area contributed by atoms with Crippen molar-refractivity contribution in [3.05, 3.63) is 170 Å². The van der Waals surface area contributed by atoms with Crippen LogP contribution in [0.5, 0.6) is 0 Å². The predicted molar refractivity (Wildman–Crippen MR) is 202 cm³/mol. The van der Waals surface area contributed by atoms with Crippen molar-refractivity contribution in [2.45, 2.75) is 0 Å². The average Bonchev–Trinajstić information content (AvgIpc) is 3.60. The summed E-state index contributed by atoms with van der Waals surface area (Å²) >= 11 is 0. The molecule has 238 valence electrons. The summed E-state index contributed by atoms with van der Waals surface area (Å²) in [6.07, 6.45) is 3.31. The van der Waals surface area contributed by atoms with Crippen LogP contribution in [0, 0.1) is 11.3 Å². The first kappa shape index (κ1) is 29.9. The number of furan rings is 1. The van der Waals surface area contributed by atoms with Crippen molar-refractivity contribution in [1.29, 1.82) is 5.26 Å². The number of hydrogen-bond donors (Lipinski definition) is 0. The predicted octanol–water partition coefficient (Wildman–Crippen LogP) is 11.0. The molecule has 6 heteroatoms. The van der Waals surface area contributed by atoms with Crippen LogP contribution in [0.4, 0.5) is 0 Å². The third-order valence-electron chi connectivity index (χ3n) is 9.07. The van der Waals surface area contributed by atoms with Crippen LogP contribution in [0.25, 0.3) is 89.5 Å². The fourth-order valence-electron chi connectivity index (χ4n) is 6.50. The Kier molecular flexibility index (Phi) is 7.42. The molecule has 0 amide bonds. The molecule has 0 aliphatic rings. The number of fused-ring (bicyclic) bond motifs is 3. The van der Waals surface area contributed by atoms with E-state index in [1.165, 1.54) is 0 Å². The van der Waals surface area contributed by atoms with Gasteiger partial charge in [0.05, 0.1) is 5.56 Å². The quantitative estimate of drug-likeness (QED) is 0.177. The van der Waals surface area contributed by atoms with E-state index in [-0.39, 0.29) is 0 Å². The fraction of sp³-hybridized carbons (Fsp3) is 0. The third-order valence-corrected chi connectivity index (χ3v) is 9.07. The molecule has 0 saturated heterocycles. The topological polar surface area (TPSA) is 88.5 Å². The Balaban J connectivity index is 1.16. The molecule has 0 aliphatic carbocycles. The van der Waals surface area contributed by atoms with Gasteiger partial charge >= 0.3 is 0 Å². The van der Waals surface area contributed by atoms with Gasteiger partial charge in [-0.25, -0.2) is 15.0 Å². The Morgan fingerprint density at radius 1 is 0.431 bits per heavy atom. The summed E-state index contributed by atoms with van der Waals surface area (Å²) in [5.41, 5.74) is 11.0. The normalized spacial score (nSPS) is 11.1. The van der Waals surface area contributed by atoms with Gasteiger partial charge in [0.25, 0.3) is 0 Å². The van der Waals surface area contributed by atoms with E-state index in [4.69, 9.17) is 19.4 Å². The number of nitriles is 1. The van der Waals surface area contributed by atoms with Gasteiger partial charge in [-0.05, 0) is 52.1 Å². The van der Waals surface area contributed by atoms with E-state index in [9.17, 15) is 5.26 Å². The number of rotatable bonds is 6. The van der Waals surface area contributed by atoms with E-state index >= 15 is 0 Å². The lowest BCUT2D eigenvalue weighted by Gasteiger charge is -2.10. The maximum Gasteiger partial charge on any atom is 0.164 e. The molecule has 0 atom stereocenters.